The van der Waals surface area contributed by atoms with Crippen molar-refractivity contribution < 1.29 is 14.6 Å². The SMILES string of the molecule is O=C(OCc1ccccc1)N1CCC(Cn2cncc2O)CC1. The van der Waals surface area contributed by atoms with Gasteiger partial charge in [0.25, 0.3) is 0 Å². The van der Waals surface area contributed by atoms with E-state index in [9.17, 15) is 9.90 Å². The molecule has 1 N–H and O–H groups in total. The Balaban J connectivity index is 1.43. The third-order valence-corrected chi connectivity index (χ3v) is 4.22. The fourth-order valence-electron chi connectivity index (χ4n) is 2.84. The van der Waals surface area contributed by atoms with Crippen LogP contribution in [-0.4, -0.2) is 38.7 Å². The number of hydrogen-bond acceptors (Lipinski definition) is 4. The van der Waals surface area contributed by atoms with Gasteiger partial charge in [-0.2, -0.15) is 0 Å². The molecule has 0 aliphatic carbocycles. The molecule has 1 aromatic heterocycles. The zero-order valence-electron chi connectivity index (χ0n) is 13.0. The first-order valence-corrected chi connectivity index (χ1v) is 7.87. The third kappa shape index (κ3) is 4.03. The lowest BCUT2D eigenvalue weighted by molar-refractivity contribution is 0.0804. The molecule has 1 amide bonds. The van der Waals surface area contributed by atoms with E-state index >= 15 is 0 Å². The normalized spacial score (nSPS) is 15.6. The molecule has 1 aromatic carbocycles. The average Bonchev–Trinajstić information content (AvgIpc) is 2.99. The molecule has 0 atom stereocenters. The quantitative estimate of drug-likeness (QED) is 0.942. The highest BCUT2D eigenvalue weighted by Gasteiger charge is 2.24. The molecule has 3 rings (SSSR count). The summed E-state index contributed by atoms with van der Waals surface area (Å²) >= 11 is 0. The number of rotatable bonds is 4. The maximum Gasteiger partial charge on any atom is 0.410 e. The van der Waals surface area contributed by atoms with Crippen molar-refractivity contribution in [3.63, 3.8) is 0 Å². The van der Waals surface area contributed by atoms with Gasteiger partial charge in [-0.3, -0.25) is 0 Å². The van der Waals surface area contributed by atoms with E-state index in [0.717, 1.165) is 24.9 Å². The number of imidazole rings is 1. The van der Waals surface area contributed by atoms with E-state index in [1.807, 2.05) is 30.3 Å². The highest BCUT2D eigenvalue weighted by Crippen LogP contribution is 2.21. The van der Waals surface area contributed by atoms with Gasteiger partial charge < -0.3 is 19.3 Å². The van der Waals surface area contributed by atoms with Gasteiger partial charge in [0.15, 0.2) is 0 Å². The predicted octanol–water partition coefficient (Wildman–Crippen LogP) is 2.64. The number of aromatic nitrogens is 2. The van der Waals surface area contributed by atoms with Crippen LogP contribution in [0.5, 0.6) is 5.88 Å². The molecular weight excluding hydrogens is 294 g/mol. The smallest absolute Gasteiger partial charge is 0.410 e. The van der Waals surface area contributed by atoms with Crippen LogP contribution in [0.1, 0.15) is 18.4 Å². The van der Waals surface area contributed by atoms with E-state index in [-0.39, 0.29) is 12.0 Å². The van der Waals surface area contributed by atoms with Crippen LogP contribution in [-0.2, 0) is 17.9 Å². The summed E-state index contributed by atoms with van der Waals surface area (Å²) in [5, 5.41) is 9.62. The minimum absolute atomic E-state index is 0.190. The highest BCUT2D eigenvalue weighted by molar-refractivity contribution is 5.67. The summed E-state index contributed by atoms with van der Waals surface area (Å²) in [6, 6.07) is 9.68. The molecule has 2 aromatic rings. The van der Waals surface area contributed by atoms with Crippen molar-refractivity contribution >= 4 is 6.09 Å². The number of piperidine rings is 1. The number of carbonyl (C=O) groups is 1. The molecule has 6 nitrogen and oxygen atoms in total. The Labute approximate surface area is 135 Å². The van der Waals surface area contributed by atoms with Gasteiger partial charge in [-0.15, -0.1) is 0 Å². The highest BCUT2D eigenvalue weighted by atomic mass is 16.6. The molecule has 1 aliphatic heterocycles. The van der Waals surface area contributed by atoms with E-state index in [4.69, 9.17) is 4.74 Å². The standard InChI is InChI=1S/C17H21N3O3/c21-16-10-18-13-20(16)11-14-6-8-19(9-7-14)17(22)23-12-15-4-2-1-3-5-15/h1-5,10,13-14,21H,6-9,11-12H2. The molecule has 0 saturated carbocycles. The van der Waals surface area contributed by atoms with Gasteiger partial charge in [-0.1, -0.05) is 30.3 Å². The topological polar surface area (TPSA) is 67.6 Å². The van der Waals surface area contributed by atoms with Crippen LogP contribution in [0.15, 0.2) is 42.9 Å². The Bertz CT molecular complexity index is 634. The van der Waals surface area contributed by atoms with Crippen molar-refractivity contribution in [3.05, 3.63) is 48.4 Å². The average molecular weight is 315 g/mol. The van der Waals surface area contributed by atoms with Crippen LogP contribution in [0, 0.1) is 5.92 Å². The Hall–Kier alpha value is -2.50. The first kappa shape index (κ1) is 15.4. The molecule has 0 spiro atoms. The van der Waals surface area contributed by atoms with Gasteiger partial charge in [0.2, 0.25) is 5.88 Å². The van der Waals surface area contributed by atoms with Crippen LogP contribution in [0.4, 0.5) is 4.79 Å². The van der Waals surface area contributed by atoms with E-state index in [1.54, 1.807) is 15.8 Å². The Morgan fingerprint density at radius 3 is 2.65 bits per heavy atom. The maximum atomic E-state index is 12.1. The van der Waals surface area contributed by atoms with Crippen molar-refractivity contribution in [2.45, 2.75) is 26.0 Å². The molecule has 1 saturated heterocycles. The molecule has 1 aliphatic rings. The summed E-state index contributed by atoms with van der Waals surface area (Å²) in [6.45, 7) is 2.42. The molecule has 122 valence electrons. The number of aromatic hydroxyl groups is 1. The molecular formula is C17H21N3O3. The fraction of sp³-hybridized carbons (Fsp3) is 0.412. The van der Waals surface area contributed by atoms with Crippen molar-refractivity contribution in [1.82, 2.24) is 14.5 Å². The zero-order valence-corrected chi connectivity index (χ0v) is 13.0. The number of likely N-dealkylation sites (tertiary alicyclic amines) is 1. The lowest BCUT2D eigenvalue weighted by Gasteiger charge is -2.31. The summed E-state index contributed by atoms with van der Waals surface area (Å²) in [5.74, 6) is 0.628. The molecule has 0 unspecified atom stereocenters. The van der Waals surface area contributed by atoms with Crippen LogP contribution < -0.4 is 0 Å². The number of amides is 1. The minimum atomic E-state index is -0.252. The van der Waals surface area contributed by atoms with Crippen LogP contribution in [0.25, 0.3) is 0 Å². The second kappa shape index (κ2) is 7.17. The summed E-state index contributed by atoms with van der Waals surface area (Å²) in [5.41, 5.74) is 0.992. The summed E-state index contributed by atoms with van der Waals surface area (Å²) in [4.78, 5) is 17.8. The second-order valence-corrected chi connectivity index (χ2v) is 5.87. The Morgan fingerprint density at radius 2 is 2.00 bits per heavy atom. The number of ether oxygens (including phenoxy) is 1. The zero-order chi connectivity index (χ0) is 16.1. The summed E-state index contributed by atoms with van der Waals surface area (Å²) < 4.78 is 7.10. The van der Waals surface area contributed by atoms with Gasteiger partial charge in [-0.25, -0.2) is 9.78 Å². The molecule has 6 heteroatoms. The molecule has 2 heterocycles. The molecule has 0 bridgehead atoms. The number of carbonyl (C=O) groups excluding carboxylic acids is 1. The van der Waals surface area contributed by atoms with Gasteiger partial charge in [-0.05, 0) is 24.3 Å². The van der Waals surface area contributed by atoms with Crippen molar-refractivity contribution in [1.29, 1.82) is 0 Å². The van der Waals surface area contributed by atoms with E-state index < -0.39 is 0 Å². The largest absolute Gasteiger partial charge is 0.493 e. The molecule has 1 fully saturated rings. The third-order valence-electron chi connectivity index (χ3n) is 4.22. The van der Waals surface area contributed by atoms with Crippen molar-refractivity contribution in [2.75, 3.05) is 13.1 Å². The predicted molar refractivity (Wildman–Crippen MR) is 84.8 cm³/mol. The van der Waals surface area contributed by atoms with Crippen LogP contribution >= 0.6 is 0 Å². The minimum Gasteiger partial charge on any atom is -0.493 e. The van der Waals surface area contributed by atoms with Crippen LogP contribution in [0.3, 0.4) is 0 Å². The number of hydrogen-bond donors (Lipinski definition) is 1. The number of benzene rings is 1. The van der Waals surface area contributed by atoms with Gasteiger partial charge in [0, 0.05) is 19.6 Å². The monoisotopic (exact) mass is 315 g/mol. The Kier molecular flexibility index (Phi) is 4.80. The van der Waals surface area contributed by atoms with E-state index in [1.165, 1.54) is 6.20 Å². The second-order valence-electron chi connectivity index (χ2n) is 5.87. The van der Waals surface area contributed by atoms with E-state index in [2.05, 4.69) is 4.98 Å². The lowest BCUT2D eigenvalue weighted by atomic mass is 9.97. The first-order chi connectivity index (χ1) is 11.2. The Morgan fingerprint density at radius 1 is 1.26 bits per heavy atom. The number of nitrogens with zero attached hydrogens (tertiary/aromatic N) is 3. The van der Waals surface area contributed by atoms with Crippen molar-refractivity contribution in [3.8, 4) is 5.88 Å². The molecule has 23 heavy (non-hydrogen) atoms. The summed E-state index contributed by atoms with van der Waals surface area (Å²) in [6.07, 6.45) is 4.62. The maximum absolute atomic E-state index is 12.1. The fourth-order valence-corrected chi connectivity index (χ4v) is 2.84. The van der Waals surface area contributed by atoms with Gasteiger partial charge >= 0.3 is 6.09 Å². The van der Waals surface area contributed by atoms with E-state index in [0.29, 0.717) is 25.6 Å². The lowest BCUT2D eigenvalue weighted by Crippen LogP contribution is -2.39. The van der Waals surface area contributed by atoms with Crippen LogP contribution in [0.2, 0.25) is 0 Å². The summed E-state index contributed by atoms with van der Waals surface area (Å²) in [7, 11) is 0. The van der Waals surface area contributed by atoms with Gasteiger partial charge in [0.05, 0.1) is 12.5 Å². The van der Waals surface area contributed by atoms with Crippen molar-refractivity contribution in [2.24, 2.45) is 5.92 Å². The molecule has 0 radical (unpaired) electrons. The van der Waals surface area contributed by atoms with Gasteiger partial charge in [0.1, 0.15) is 6.61 Å². The first-order valence-electron chi connectivity index (χ1n) is 7.87.